The molecule has 2 atom stereocenters. The summed E-state index contributed by atoms with van der Waals surface area (Å²) in [6.07, 6.45) is 4.39. The lowest BCUT2D eigenvalue weighted by Crippen LogP contribution is -2.37. The van der Waals surface area contributed by atoms with Gasteiger partial charge in [-0.3, -0.25) is 9.78 Å². The van der Waals surface area contributed by atoms with Crippen LogP contribution >= 0.6 is 11.6 Å². The predicted molar refractivity (Wildman–Crippen MR) is 149 cm³/mol. The Kier molecular flexibility index (Phi) is 10.1. The first-order valence-electron chi connectivity index (χ1n) is 12.5. The molecule has 3 aromatic rings. The summed E-state index contributed by atoms with van der Waals surface area (Å²) in [5, 5.41) is 12.9. The molecule has 0 radical (unpaired) electrons. The third kappa shape index (κ3) is 7.58. The number of anilines is 1. The lowest BCUT2D eigenvalue weighted by atomic mass is 9.93. The van der Waals surface area contributed by atoms with Crippen molar-refractivity contribution < 1.29 is 32.5 Å². The summed E-state index contributed by atoms with van der Waals surface area (Å²) in [6.45, 7) is -0.559. The van der Waals surface area contributed by atoms with Crippen molar-refractivity contribution in [1.29, 1.82) is 0 Å². The molecule has 1 aromatic heterocycles. The summed E-state index contributed by atoms with van der Waals surface area (Å²) in [5.41, 5.74) is 1.42. The number of nitrogens with one attached hydrogen (secondary N) is 1. The minimum atomic E-state index is -3.90. The van der Waals surface area contributed by atoms with Crippen molar-refractivity contribution in [2.45, 2.75) is 23.5 Å². The number of rotatable bonds is 12. The molecule has 2 heterocycles. The number of benzene rings is 2. The van der Waals surface area contributed by atoms with Crippen LogP contribution in [0.15, 0.2) is 89.8 Å². The molecule has 0 fully saturated rings. The molecule has 0 saturated carbocycles. The summed E-state index contributed by atoms with van der Waals surface area (Å²) in [5.74, 6) is -0.0956. The van der Waals surface area contributed by atoms with E-state index in [0.29, 0.717) is 22.9 Å². The average molecular weight is 588 g/mol. The molecular weight excluding hydrogens is 558 g/mol. The van der Waals surface area contributed by atoms with E-state index < -0.39 is 22.2 Å². The lowest BCUT2D eigenvalue weighted by Gasteiger charge is -2.30. The highest BCUT2D eigenvalue weighted by atomic mass is 35.5. The van der Waals surface area contributed by atoms with E-state index in [1.807, 2.05) is 12.1 Å². The van der Waals surface area contributed by atoms with Gasteiger partial charge in [-0.25, -0.2) is 8.42 Å². The van der Waals surface area contributed by atoms with E-state index in [9.17, 15) is 18.3 Å². The van der Waals surface area contributed by atoms with Gasteiger partial charge in [-0.15, -0.1) is 0 Å². The molecular formula is C28H30ClN3O7S. The molecule has 0 spiro atoms. The molecule has 10 nitrogen and oxygen atoms in total. The SMILES string of the molecule is COc1ccc(S(=O)(=O)N(CCO)CCO[C@H]2C[C@@H](c3ccc(Cl)cc3)C=C(C(=O)Nc3cccnc3)O2)cc1. The smallest absolute Gasteiger partial charge is 0.290 e. The summed E-state index contributed by atoms with van der Waals surface area (Å²) >= 11 is 6.06. The van der Waals surface area contributed by atoms with Gasteiger partial charge in [-0.2, -0.15) is 4.31 Å². The van der Waals surface area contributed by atoms with Crippen LogP contribution in [-0.2, 0) is 24.3 Å². The number of aromatic nitrogens is 1. The minimum Gasteiger partial charge on any atom is -0.497 e. The second-order valence-corrected chi connectivity index (χ2v) is 11.2. The van der Waals surface area contributed by atoms with Crippen LogP contribution in [0.5, 0.6) is 5.75 Å². The van der Waals surface area contributed by atoms with Gasteiger partial charge in [0.25, 0.3) is 5.91 Å². The summed E-state index contributed by atoms with van der Waals surface area (Å²) in [4.78, 5) is 17.1. The second kappa shape index (κ2) is 13.7. The number of nitrogens with zero attached hydrogens (tertiary/aromatic N) is 2. The fraction of sp³-hybridized carbons (Fsp3) is 0.286. The highest BCUT2D eigenvalue weighted by Gasteiger charge is 2.30. The summed E-state index contributed by atoms with van der Waals surface area (Å²) in [7, 11) is -2.41. The molecule has 4 rings (SSSR count). The zero-order valence-corrected chi connectivity index (χ0v) is 23.3. The molecule has 1 aliphatic rings. The number of aliphatic hydroxyl groups is 1. The van der Waals surface area contributed by atoms with Crippen LogP contribution in [0.4, 0.5) is 5.69 Å². The minimum absolute atomic E-state index is 0.0368. The molecule has 1 amide bonds. The van der Waals surface area contributed by atoms with Gasteiger partial charge in [0.15, 0.2) is 5.76 Å². The van der Waals surface area contributed by atoms with Crippen LogP contribution in [0.2, 0.25) is 5.02 Å². The maximum absolute atomic E-state index is 13.2. The van der Waals surface area contributed by atoms with Crippen LogP contribution in [-0.4, -0.2) is 68.4 Å². The highest BCUT2D eigenvalue weighted by molar-refractivity contribution is 7.89. The van der Waals surface area contributed by atoms with Gasteiger partial charge in [0, 0.05) is 36.6 Å². The molecule has 40 heavy (non-hydrogen) atoms. The number of sulfonamides is 1. The molecule has 0 saturated heterocycles. The van der Waals surface area contributed by atoms with E-state index >= 15 is 0 Å². The number of carbonyl (C=O) groups excluding carboxylic acids is 1. The summed E-state index contributed by atoms with van der Waals surface area (Å²) < 4.78 is 44.5. The first-order valence-corrected chi connectivity index (χ1v) is 14.3. The molecule has 0 unspecified atom stereocenters. The molecule has 2 N–H and O–H groups in total. The molecule has 212 valence electrons. The van der Waals surface area contributed by atoms with E-state index in [0.717, 1.165) is 9.87 Å². The Labute approximate surface area is 238 Å². The lowest BCUT2D eigenvalue weighted by molar-refractivity contribution is -0.143. The normalized spacial score (nSPS) is 17.1. The number of amides is 1. The second-order valence-electron chi connectivity index (χ2n) is 8.84. The summed E-state index contributed by atoms with van der Waals surface area (Å²) in [6, 6.07) is 16.7. The van der Waals surface area contributed by atoms with Gasteiger partial charge in [0.1, 0.15) is 5.75 Å². The van der Waals surface area contributed by atoms with E-state index in [-0.39, 0.29) is 42.9 Å². The molecule has 0 aliphatic carbocycles. The fourth-order valence-corrected chi connectivity index (χ4v) is 5.68. The zero-order valence-electron chi connectivity index (χ0n) is 21.8. The number of carbonyl (C=O) groups is 1. The third-order valence-electron chi connectivity index (χ3n) is 6.19. The molecule has 0 bridgehead atoms. The van der Waals surface area contributed by atoms with Crippen LogP contribution in [0.3, 0.4) is 0 Å². The predicted octanol–water partition coefficient (Wildman–Crippen LogP) is 3.80. The van der Waals surface area contributed by atoms with Gasteiger partial charge in [-0.1, -0.05) is 23.7 Å². The number of halogens is 1. The number of ether oxygens (including phenoxy) is 3. The zero-order chi connectivity index (χ0) is 28.5. The Morgan fingerprint density at radius 1 is 1.15 bits per heavy atom. The van der Waals surface area contributed by atoms with Gasteiger partial charge in [0.2, 0.25) is 16.3 Å². The highest BCUT2D eigenvalue weighted by Crippen LogP contribution is 2.32. The van der Waals surface area contributed by atoms with Gasteiger partial charge < -0.3 is 24.6 Å². The Morgan fingerprint density at radius 3 is 2.55 bits per heavy atom. The maximum Gasteiger partial charge on any atom is 0.290 e. The number of pyridine rings is 1. The first-order chi connectivity index (χ1) is 19.3. The van der Waals surface area contributed by atoms with Crippen LogP contribution in [0.25, 0.3) is 0 Å². The monoisotopic (exact) mass is 587 g/mol. The van der Waals surface area contributed by atoms with Gasteiger partial charge >= 0.3 is 0 Å². The molecule has 2 aromatic carbocycles. The van der Waals surface area contributed by atoms with Crippen molar-refractivity contribution in [3.63, 3.8) is 0 Å². The Balaban J connectivity index is 1.46. The van der Waals surface area contributed by atoms with Crippen molar-refractivity contribution in [2.75, 3.05) is 38.7 Å². The number of hydrogen-bond acceptors (Lipinski definition) is 8. The largest absolute Gasteiger partial charge is 0.497 e. The van der Waals surface area contributed by atoms with E-state index in [1.165, 1.54) is 25.4 Å². The van der Waals surface area contributed by atoms with Gasteiger partial charge in [-0.05, 0) is 60.2 Å². The van der Waals surface area contributed by atoms with Crippen molar-refractivity contribution in [2.24, 2.45) is 0 Å². The van der Waals surface area contributed by atoms with Crippen LogP contribution in [0, 0.1) is 0 Å². The van der Waals surface area contributed by atoms with Crippen molar-refractivity contribution in [1.82, 2.24) is 9.29 Å². The fourth-order valence-electron chi connectivity index (χ4n) is 4.14. The van der Waals surface area contributed by atoms with E-state index in [2.05, 4.69) is 10.3 Å². The Bertz CT molecular complexity index is 1400. The van der Waals surface area contributed by atoms with Crippen LogP contribution < -0.4 is 10.1 Å². The van der Waals surface area contributed by atoms with Gasteiger partial charge in [0.05, 0.1) is 37.1 Å². The Morgan fingerprint density at radius 2 is 1.90 bits per heavy atom. The van der Waals surface area contributed by atoms with Crippen molar-refractivity contribution in [3.8, 4) is 5.75 Å². The number of allylic oxidation sites excluding steroid dienone is 1. The van der Waals surface area contributed by atoms with E-state index in [4.69, 9.17) is 25.8 Å². The Hall–Kier alpha value is -3.48. The van der Waals surface area contributed by atoms with Crippen LogP contribution in [0.1, 0.15) is 17.9 Å². The standard InChI is InChI=1S/C28H30ClN3O7S/c1-37-24-8-10-25(11-9-24)40(35,36)32(13-15-33)14-16-38-27-18-21(20-4-6-22(29)7-5-20)17-26(39-27)28(34)31-23-3-2-12-30-19-23/h2-12,17,19,21,27,33H,13-16,18H2,1H3,(H,31,34)/t21-,27+/m0/s1. The third-order valence-corrected chi connectivity index (χ3v) is 8.35. The first kappa shape index (κ1) is 29.5. The number of hydrogen-bond donors (Lipinski definition) is 2. The van der Waals surface area contributed by atoms with Crippen molar-refractivity contribution in [3.05, 3.63) is 95.5 Å². The van der Waals surface area contributed by atoms with Crippen molar-refractivity contribution >= 4 is 33.2 Å². The number of aliphatic hydroxyl groups excluding tert-OH is 1. The molecule has 1 aliphatic heterocycles. The topological polar surface area (TPSA) is 127 Å². The molecule has 12 heteroatoms. The number of methoxy groups -OCH3 is 1. The average Bonchev–Trinajstić information content (AvgIpc) is 2.97. The van der Waals surface area contributed by atoms with E-state index in [1.54, 1.807) is 48.7 Å². The quantitative estimate of drug-likeness (QED) is 0.328. The maximum atomic E-state index is 13.2.